The van der Waals surface area contributed by atoms with Gasteiger partial charge >= 0.3 is 0 Å². The summed E-state index contributed by atoms with van der Waals surface area (Å²) in [6, 6.07) is 49.4. The van der Waals surface area contributed by atoms with Crippen LogP contribution < -0.4 is 0 Å². The molecule has 1 radical (unpaired) electrons. The van der Waals surface area contributed by atoms with Crippen molar-refractivity contribution < 1.29 is 20.1 Å². The van der Waals surface area contributed by atoms with Crippen LogP contribution in [0.4, 0.5) is 0 Å². The van der Waals surface area contributed by atoms with Crippen LogP contribution >= 0.6 is 0 Å². The molecule has 0 atom stereocenters. The smallest absolute Gasteiger partial charge is 0.0715 e. The van der Waals surface area contributed by atoms with Gasteiger partial charge in [0.15, 0.2) is 0 Å². The quantitative estimate of drug-likeness (QED) is 0.132. The Balaban J connectivity index is 0.000000250. The number of hydrogen-bond donors (Lipinski definition) is 0. The number of aryl methyl sites for hydroxylation is 2. The van der Waals surface area contributed by atoms with Crippen molar-refractivity contribution in [1.82, 2.24) is 19.9 Å². The molecule has 8 aromatic rings. The minimum Gasteiger partial charge on any atom is -0.305 e. The first-order chi connectivity index (χ1) is 22.6. The summed E-state index contributed by atoms with van der Waals surface area (Å²) in [6.07, 6.45) is 5.44. The van der Waals surface area contributed by atoms with Crippen molar-refractivity contribution in [2.75, 3.05) is 0 Å². The SMILES string of the molecule is Cc1ccc2c(c1)c(-c1cccc(-c3cc(-c4ccccn4)[c-]cc3C)n1)cc1ncccc12.[Ir].[c-]1ccccc1-c1ccccn1. The second-order valence-electron chi connectivity index (χ2n) is 11.1. The fraction of sp³-hybridized carbons (Fsp3) is 0.0476. The Bertz CT molecular complexity index is 2230. The van der Waals surface area contributed by atoms with E-state index in [4.69, 9.17) is 4.98 Å². The van der Waals surface area contributed by atoms with Gasteiger partial charge in [0.25, 0.3) is 0 Å². The van der Waals surface area contributed by atoms with Gasteiger partial charge in [-0.2, -0.15) is 0 Å². The summed E-state index contributed by atoms with van der Waals surface area (Å²) in [7, 11) is 0. The number of pyridine rings is 4. The molecule has 0 aliphatic heterocycles. The molecule has 0 aliphatic carbocycles. The van der Waals surface area contributed by atoms with Crippen LogP contribution in [-0.2, 0) is 20.1 Å². The minimum absolute atomic E-state index is 0. The maximum Gasteiger partial charge on any atom is 0.0715 e. The zero-order chi connectivity index (χ0) is 31.3. The summed E-state index contributed by atoms with van der Waals surface area (Å²) in [5.74, 6) is 0. The Labute approximate surface area is 288 Å². The molecule has 0 bridgehead atoms. The summed E-state index contributed by atoms with van der Waals surface area (Å²) in [4.78, 5) is 18.5. The molecule has 5 heteroatoms. The summed E-state index contributed by atoms with van der Waals surface area (Å²) < 4.78 is 0. The van der Waals surface area contributed by atoms with E-state index in [-0.39, 0.29) is 20.1 Å². The molecule has 4 nitrogen and oxygen atoms in total. The van der Waals surface area contributed by atoms with E-state index in [9.17, 15) is 0 Å². The van der Waals surface area contributed by atoms with Crippen LogP contribution in [0.3, 0.4) is 0 Å². The molecule has 0 amide bonds. The number of nitrogens with zero attached hydrogens (tertiary/aromatic N) is 4. The summed E-state index contributed by atoms with van der Waals surface area (Å²) in [6.45, 7) is 4.23. The summed E-state index contributed by atoms with van der Waals surface area (Å²) in [5.41, 5.74) is 11.3. The van der Waals surface area contributed by atoms with Crippen molar-refractivity contribution in [3.8, 4) is 45.0 Å². The van der Waals surface area contributed by atoms with Gasteiger partial charge in [0.2, 0.25) is 0 Å². The van der Waals surface area contributed by atoms with Gasteiger partial charge < -0.3 is 9.97 Å². The first-order valence-corrected chi connectivity index (χ1v) is 15.2. The monoisotopic (exact) mass is 783 g/mol. The first-order valence-electron chi connectivity index (χ1n) is 15.2. The van der Waals surface area contributed by atoms with E-state index in [2.05, 4.69) is 95.5 Å². The van der Waals surface area contributed by atoms with Gasteiger partial charge in [-0.1, -0.05) is 72.6 Å². The third-order valence-electron chi connectivity index (χ3n) is 7.92. The maximum absolute atomic E-state index is 5.13. The molecule has 0 saturated carbocycles. The molecular formula is C42H30IrN4-2. The average molecular weight is 783 g/mol. The van der Waals surface area contributed by atoms with Crippen molar-refractivity contribution in [2.45, 2.75) is 13.8 Å². The van der Waals surface area contributed by atoms with Crippen LogP contribution in [0.25, 0.3) is 66.7 Å². The normalized spacial score (nSPS) is 10.6. The van der Waals surface area contributed by atoms with E-state index >= 15 is 0 Å². The third-order valence-corrected chi connectivity index (χ3v) is 7.92. The van der Waals surface area contributed by atoms with Gasteiger partial charge in [0, 0.05) is 49.6 Å². The third kappa shape index (κ3) is 6.92. The van der Waals surface area contributed by atoms with Crippen LogP contribution in [0.5, 0.6) is 0 Å². The van der Waals surface area contributed by atoms with Gasteiger partial charge in [-0.05, 0) is 65.5 Å². The molecule has 0 aliphatic rings. The molecular weight excluding hydrogens is 753 g/mol. The molecule has 0 N–H and O–H groups in total. The Morgan fingerprint density at radius 1 is 0.489 bits per heavy atom. The molecule has 4 aromatic heterocycles. The molecule has 0 unspecified atom stereocenters. The van der Waals surface area contributed by atoms with E-state index in [1.165, 1.54) is 16.3 Å². The van der Waals surface area contributed by atoms with Crippen molar-refractivity contribution in [3.63, 3.8) is 0 Å². The maximum atomic E-state index is 5.13. The largest absolute Gasteiger partial charge is 0.305 e. The number of aromatic nitrogens is 4. The predicted octanol–water partition coefficient (Wildman–Crippen LogP) is 10.1. The molecule has 47 heavy (non-hydrogen) atoms. The molecule has 8 rings (SSSR count). The standard InChI is InChI=1S/C31H22N3.C11H8N.Ir/c1-20-11-14-23-24-7-6-16-33-31(24)19-27(26(23)17-20)30-10-5-9-29(34-30)25-18-22(13-12-21(25)2)28-8-3-4-15-32-28;1-2-6-10(7-3-1)11-8-4-5-9-12-11;/h3-12,14-19H,1-2H3;1-6,8-9H;/q2*-1;. The molecule has 0 saturated heterocycles. The van der Waals surface area contributed by atoms with E-state index < -0.39 is 0 Å². The van der Waals surface area contributed by atoms with E-state index in [1.807, 2.05) is 85.2 Å². The van der Waals surface area contributed by atoms with Gasteiger partial charge in [0.1, 0.15) is 0 Å². The minimum atomic E-state index is 0. The average Bonchev–Trinajstić information content (AvgIpc) is 3.13. The molecule has 0 spiro atoms. The van der Waals surface area contributed by atoms with Gasteiger partial charge in [-0.25, -0.2) is 4.98 Å². The van der Waals surface area contributed by atoms with E-state index in [0.29, 0.717) is 0 Å². The fourth-order valence-electron chi connectivity index (χ4n) is 5.62. The molecule has 0 fully saturated rings. The van der Waals surface area contributed by atoms with Crippen LogP contribution in [0, 0.1) is 26.0 Å². The second-order valence-corrected chi connectivity index (χ2v) is 11.1. The van der Waals surface area contributed by atoms with Gasteiger partial charge in [-0.15, -0.1) is 65.2 Å². The van der Waals surface area contributed by atoms with Crippen LogP contribution in [-0.4, -0.2) is 19.9 Å². The Morgan fingerprint density at radius 2 is 1.19 bits per heavy atom. The molecule has 4 aromatic carbocycles. The number of rotatable bonds is 4. The molecule has 4 heterocycles. The van der Waals surface area contributed by atoms with Crippen LogP contribution in [0.15, 0.2) is 146 Å². The fourth-order valence-corrected chi connectivity index (χ4v) is 5.62. The summed E-state index contributed by atoms with van der Waals surface area (Å²) in [5, 5.41) is 3.55. The van der Waals surface area contributed by atoms with Gasteiger partial charge in [0.05, 0.1) is 16.9 Å². The first kappa shape index (κ1) is 31.6. The van der Waals surface area contributed by atoms with Gasteiger partial charge in [-0.3, -0.25) is 4.98 Å². The topological polar surface area (TPSA) is 51.6 Å². The van der Waals surface area contributed by atoms with E-state index in [0.717, 1.165) is 61.5 Å². The van der Waals surface area contributed by atoms with E-state index in [1.54, 1.807) is 6.20 Å². The molecule has 229 valence electrons. The Morgan fingerprint density at radius 3 is 1.91 bits per heavy atom. The predicted molar refractivity (Wildman–Crippen MR) is 188 cm³/mol. The van der Waals surface area contributed by atoms with Crippen LogP contribution in [0.1, 0.15) is 11.1 Å². The Kier molecular flexibility index (Phi) is 9.68. The zero-order valence-corrected chi connectivity index (χ0v) is 28.4. The number of fused-ring (bicyclic) bond motifs is 3. The van der Waals surface area contributed by atoms with Crippen LogP contribution in [0.2, 0.25) is 0 Å². The zero-order valence-electron chi connectivity index (χ0n) is 26.0. The van der Waals surface area contributed by atoms with Crippen molar-refractivity contribution >= 4 is 21.7 Å². The van der Waals surface area contributed by atoms with Crippen molar-refractivity contribution in [2.24, 2.45) is 0 Å². The second kappa shape index (κ2) is 14.4. The van der Waals surface area contributed by atoms with Crippen molar-refractivity contribution in [1.29, 1.82) is 0 Å². The number of benzene rings is 4. The Hall–Kier alpha value is -5.35. The summed E-state index contributed by atoms with van der Waals surface area (Å²) >= 11 is 0. The number of hydrogen-bond acceptors (Lipinski definition) is 4. The van der Waals surface area contributed by atoms with Crippen molar-refractivity contribution in [3.05, 3.63) is 169 Å².